The van der Waals surface area contributed by atoms with Crippen LogP contribution in [0.2, 0.25) is 0 Å². The number of carbonyl (C=O) groups excluding carboxylic acids is 1. The van der Waals surface area contributed by atoms with Crippen LogP contribution in [0.4, 0.5) is 5.69 Å². The third-order valence-electron chi connectivity index (χ3n) is 7.31. The molecular weight excluding hydrogens is 532 g/mol. The molecule has 2 heterocycles. The highest BCUT2D eigenvalue weighted by Crippen LogP contribution is 2.45. The number of amides is 1. The summed E-state index contributed by atoms with van der Waals surface area (Å²) in [6.07, 6.45) is 5.82. The number of aliphatic hydroxyl groups excluding tert-OH is 1. The molecule has 2 aliphatic rings. The van der Waals surface area contributed by atoms with Gasteiger partial charge in [0.2, 0.25) is 5.90 Å². The second-order valence-corrected chi connectivity index (χ2v) is 10.2. The number of azide groups is 1. The first-order valence-corrected chi connectivity index (χ1v) is 14.2. The highest BCUT2D eigenvalue weighted by Gasteiger charge is 2.53. The molecule has 3 aromatic rings. The highest BCUT2D eigenvalue weighted by molar-refractivity contribution is 6.01. The Morgan fingerprint density at radius 3 is 2.60 bits per heavy atom. The summed E-state index contributed by atoms with van der Waals surface area (Å²) in [5, 5.41) is 14.9. The smallest absolute Gasteiger partial charge is 0.266 e. The number of carbonyl (C=O) groups is 1. The lowest BCUT2D eigenvalue weighted by Gasteiger charge is -2.32. The van der Waals surface area contributed by atoms with E-state index in [1.807, 2.05) is 71.8 Å². The third-order valence-corrected chi connectivity index (χ3v) is 7.31. The van der Waals surface area contributed by atoms with Crippen LogP contribution in [0.1, 0.15) is 48.5 Å². The van der Waals surface area contributed by atoms with Gasteiger partial charge in [0.1, 0.15) is 5.75 Å². The van der Waals surface area contributed by atoms with Crippen LogP contribution in [0.5, 0.6) is 5.75 Å². The lowest BCUT2D eigenvalue weighted by Crippen LogP contribution is -2.53. The molecule has 1 fully saturated rings. The average molecular weight is 567 g/mol. The molecule has 0 aliphatic carbocycles. The summed E-state index contributed by atoms with van der Waals surface area (Å²) in [6.45, 7) is 1.98. The first-order valence-electron chi connectivity index (χ1n) is 14.2. The van der Waals surface area contributed by atoms with Crippen molar-refractivity contribution in [3.05, 3.63) is 112 Å². The standard InChI is InChI=1S/C32H34N6O4/c33-37-35-28-14-5-4-13-27(28)29-32(31(40)36-38-20-6-7-21-38,19-8-12-24-10-2-1-3-11-24)34-30(42-29)25-15-17-26(18-16-25)41-23-9-22-39/h1-5,8,10-18,29,39H,6-7,9,19-23H2,(H,36,40)/b12-8+/t29-,32-/m0/s1. The minimum Gasteiger partial charge on any atom is -0.494 e. The van der Waals surface area contributed by atoms with E-state index in [2.05, 4.69) is 15.5 Å². The van der Waals surface area contributed by atoms with E-state index < -0.39 is 11.6 Å². The minimum absolute atomic E-state index is 0.0573. The molecule has 10 nitrogen and oxygen atoms in total. The Balaban J connectivity index is 1.57. The summed E-state index contributed by atoms with van der Waals surface area (Å²) >= 11 is 0. The van der Waals surface area contributed by atoms with Gasteiger partial charge in [-0.2, -0.15) is 0 Å². The number of nitrogens with zero attached hydrogens (tertiary/aromatic N) is 5. The summed E-state index contributed by atoms with van der Waals surface area (Å²) in [7, 11) is 0. The van der Waals surface area contributed by atoms with Crippen molar-refractivity contribution in [2.75, 3.05) is 26.3 Å². The van der Waals surface area contributed by atoms with Crippen molar-refractivity contribution in [3.8, 4) is 5.75 Å². The van der Waals surface area contributed by atoms with Crippen LogP contribution in [-0.4, -0.2) is 53.8 Å². The monoisotopic (exact) mass is 566 g/mol. The second kappa shape index (κ2) is 13.8. The lowest BCUT2D eigenvalue weighted by molar-refractivity contribution is -0.133. The Labute approximate surface area is 244 Å². The van der Waals surface area contributed by atoms with E-state index in [1.54, 1.807) is 24.3 Å². The van der Waals surface area contributed by atoms with E-state index in [9.17, 15) is 10.3 Å². The van der Waals surface area contributed by atoms with Gasteiger partial charge in [-0.1, -0.05) is 71.9 Å². The molecule has 216 valence electrons. The molecule has 0 unspecified atom stereocenters. The van der Waals surface area contributed by atoms with Crippen LogP contribution >= 0.6 is 0 Å². The molecule has 0 saturated carbocycles. The molecule has 3 aromatic carbocycles. The van der Waals surface area contributed by atoms with Crippen LogP contribution in [0.25, 0.3) is 16.5 Å². The average Bonchev–Trinajstić information content (AvgIpc) is 3.68. The van der Waals surface area contributed by atoms with Gasteiger partial charge in [-0.25, -0.2) is 10.0 Å². The zero-order valence-electron chi connectivity index (χ0n) is 23.3. The number of rotatable bonds is 12. The number of ether oxygens (including phenoxy) is 2. The maximum atomic E-state index is 14.3. The van der Waals surface area contributed by atoms with Gasteiger partial charge in [0.15, 0.2) is 11.6 Å². The fourth-order valence-corrected chi connectivity index (χ4v) is 5.15. The zero-order valence-corrected chi connectivity index (χ0v) is 23.3. The molecule has 0 bridgehead atoms. The van der Waals surface area contributed by atoms with Gasteiger partial charge >= 0.3 is 0 Å². The normalized spacial score (nSPS) is 20.1. The van der Waals surface area contributed by atoms with E-state index in [4.69, 9.17) is 19.6 Å². The third kappa shape index (κ3) is 6.63. The van der Waals surface area contributed by atoms with Gasteiger partial charge in [0.05, 0.1) is 6.61 Å². The van der Waals surface area contributed by atoms with E-state index in [1.165, 1.54) is 0 Å². The Hall–Kier alpha value is -4.63. The molecule has 2 N–H and O–H groups in total. The highest BCUT2D eigenvalue weighted by atomic mass is 16.5. The second-order valence-electron chi connectivity index (χ2n) is 10.2. The fraction of sp³-hybridized carbons (Fsp3) is 0.312. The maximum Gasteiger partial charge on any atom is 0.266 e. The molecular formula is C32H34N6O4. The van der Waals surface area contributed by atoms with Gasteiger partial charge < -0.3 is 14.6 Å². The number of aliphatic imine (C=N–C) groups is 1. The predicted octanol–water partition coefficient (Wildman–Crippen LogP) is 5.88. The number of hydrazine groups is 1. The molecule has 2 aliphatic heterocycles. The van der Waals surface area contributed by atoms with Crippen molar-refractivity contribution in [2.45, 2.75) is 37.3 Å². The van der Waals surface area contributed by atoms with Gasteiger partial charge in [0.25, 0.3) is 5.91 Å². The molecule has 2 atom stereocenters. The number of benzene rings is 3. The van der Waals surface area contributed by atoms with Crippen molar-refractivity contribution in [1.82, 2.24) is 10.4 Å². The Kier molecular flexibility index (Phi) is 9.51. The maximum absolute atomic E-state index is 14.3. The first-order chi connectivity index (χ1) is 20.6. The molecule has 10 heteroatoms. The number of aliphatic hydroxyl groups is 1. The van der Waals surface area contributed by atoms with Crippen molar-refractivity contribution >= 4 is 23.6 Å². The Bertz CT molecular complexity index is 1460. The summed E-state index contributed by atoms with van der Waals surface area (Å²) in [6, 6.07) is 24.3. The number of nitrogens with one attached hydrogen (secondary N) is 1. The number of hydrogen-bond donors (Lipinski definition) is 2. The minimum atomic E-state index is -1.39. The van der Waals surface area contributed by atoms with Crippen molar-refractivity contribution in [3.63, 3.8) is 0 Å². The molecule has 1 amide bonds. The van der Waals surface area contributed by atoms with Crippen LogP contribution < -0.4 is 10.2 Å². The van der Waals surface area contributed by atoms with E-state index >= 15 is 0 Å². The van der Waals surface area contributed by atoms with Crippen LogP contribution in [-0.2, 0) is 9.53 Å². The summed E-state index contributed by atoms with van der Waals surface area (Å²) < 4.78 is 12.2. The van der Waals surface area contributed by atoms with E-state index in [-0.39, 0.29) is 18.9 Å². The predicted molar refractivity (Wildman–Crippen MR) is 161 cm³/mol. The molecule has 42 heavy (non-hydrogen) atoms. The molecule has 1 saturated heterocycles. The van der Waals surface area contributed by atoms with Crippen molar-refractivity contribution in [1.29, 1.82) is 0 Å². The zero-order chi connectivity index (χ0) is 29.2. The fourth-order valence-electron chi connectivity index (χ4n) is 5.15. The van der Waals surface area contributed by atoms with Gasteiger partial charge in [0, 0.05) is 54.3 Å². The van der Waals surface area contributed by atoms with Gasteiger partial charge in [-0.3, -0.25) is 10.2 Å². The molecule has 5 rings (SSSR count). The molecule has 0 aromatic heterocycles. The van der Waals surface area contributed by atoms with E-state index in [0.29, 0.717) is 41.5 Å². The molecule has 0 spiro atoms. The Morgan fingerprint density at radius 2 is 1.86 bits per heavy atom. The van der Waals surface area contributed by atoms with Crippen LogP contribution in [0.3, 0.4) is 0 Å². The largest absolute Gasteiger partial charge is 0.494 e. The van der Waals surface area contributed by atoms with Crippen molar-refractivity contribution < 1.29 is 19.4 Å². The van der Waals surface area contributed by atoms with Crippen LogP contribution in [0, 0.1) is 0 Å². The molecule has 0 radical (unpaired) electrons. The van der Waals surface area contributed by atoms with E-state index in [0.717, 1.165) is 31.5 Å². The topological polar surface area (TPSA) is 132 Å². The summed E-state index contributed by atoms with van der Waals surface area (Å²) in [5.41, 5.74) is 13.6. The lowest BCUT2D eigenvalue weighted by atomic mass is 9.83. The number of hydrogen-bond acceptors (Lipinski definition) is 7. The van der Waals surface area contributed by atoms with Gasteiger partial charge in [-0.15, -0.1) is 0 Å². The first kappa shape index (κ1) is 28.9. The Morgan fingerprint density at radius 1 is 1.12 bits per heavy atom. The summed E-state index contributed by atoms with van der Waals surface area (Å²) in [5.74, 6) is 0.670. The van der Waals surface area contributed by atoms with Crippen LogP contribution in [0.15, 0.2) is 95.0 Å². The SMILES string of the molecule is [N-]=[N+]=Nc1ccccc1[C@@H]1OC(c2ccc(OCCCO)cc2)=N[C@]1(C/C=C/c1ccccc1)C(=O)NN1CCCC1. The summed E-state index contributed by atoms with van der Waals surface area (Å²) in [4.78, 5) is 22.3. The van der Waals surface area contributed by atoms with Crippen molar-refractivity contribution in [2.24, 2.45) is 10.1 Å². The van der Waals surface area contributed by atoms with Gasteiger partial charge in [-0.05, 0) is 48.2 Å². The quantitative estimate of drug-likeness (QED) is 0.122.